The van der Waals surface area contributed by atoms with Gasteiger partial charge in [-0.1, -0.05) is 0 Å². The van der Waals surface area contributed by atoms with Gasteiger partial charge in [0, 0.05) is 24.5 Å². The van der Waals surface area contributed by atoms with Crippen molar-refractivity contribution in [1.29, 1.82) is 0 Å². The van der Waals surface area contributed by atoms with Gasteiger partial charge >= 0.3 is 0 Å². The number of aryl methyl sites for hydroxylation is 2. The molecule has 0 aliphatic carbocycles. The molecule has 20 heavy (non-hydrogen) atoms. The molecule has 0 fully saturated rings. The first-order valence-electron chi connectivity index (χ1n) is 6.17. The van der Waals surface area contributed by atoms with Crippen LogP contribution in [0.1, 0.15) is 24.2 Å². The fourth-order valence-electron chi connectivity index (χ4n) is 2.11. The topological polar surface area (TPSA) is 90.0 Å². The van der Waals surface area contributed by atoms with Crippen LogP contribution in [0.3, 0.4) is 0 Å². The second-order valence-electron chi connectivity index (χ2n) is 4.78. The van der Waals surface area contributed by atoms with Crippen molar-refractivity contribution >= 4 is 15.7 Å². The second kappa shape index (κ2) is 5.26. The second-order valence-corrected chi connectivity index (χ2v) is 6.34. The summed E-state index contributed by atoms with van der Waals surface area (Å²) in [6.07, 6.45) is 1.96. The van der Waals surface area contributed by atoms with Gasteiger partial charge in [-0.05, 0) is 38.1 Å². The molecule has 0 aliphatic heterocycles. The lowest BCUT2D eigenvalue weighted by Crippen LogP contribution is -2.12. The Balaban J connectivity index is 2.16. The summed E-state index contributed by atoms with van der Waals surface area (Å²) in [5.74, 6) is 0. The first kappa shape index (κ1) is 14.5. The van der Waals surface area contributed by atoms with E-state index in [1.807, 2.05) is 27.1 Å². The van der Waals surface area contributed by atoms with Crippen molar-refractivity contribution in [2.45, 2.75) is 24.8 Å². The molecule has 2 rings (SSSR count). The molecule has 0 aliphatic rings. The maximum absolute atomic E-state index is 11.2. The Morgan fingerprint density at radius 3 is 2.35 bits per heavy atom. The summed E-state index contributed by atoms with van der Waals surface area (Å²) in [5.41, 5.74) is 2.89. The van der Waals surface area contributed by atoms with Crippen LogP contribution in [0.15, 0.2) is 35.4 Å². The van der Waals surface area contributed by atoms with Crippen molar-refractivity contribution < 1.29 is 8.42 Å². The molecule has 6 nitrogen and oxygen atoms in total. The summed E-state index contributed by atoms with van der Waals surface area (Å²) in [6.45, 7) is 3.98. The van der Waals surface area contributed by atoms with Crippen LogP contribution in [-0.4, -0.2) is 18.2 Å². The number of aromatic nitrogens is 2. The zero-order chi connectivity index (χ0) is 14.9. The van der Waals surface area contributed by atoms with Gasteiger partial charge in [-0.15, -0.1) is 0 Å². The molecule has 2 aromatic rings. The highest BCUT2D eigenvalue weighted by Crippen LogP contribution is 2.22. The van der Waals surface area contributed by atoms with Gasteiger partial charge in [0.2, 0.25) is 10.0 Å². The van der Waals surface area contributed by atoms with E-state index in [9.17, 15) is 8.42 Å². The van der Waals surface area contributed by atoms with E-state index in [0.717, 1.165) is 16.9 Å². The molecule has 0 spiro atoms. The summed E-state index contributed by atoms with van der Waals surface area (Å²) >= 11 is 0. The van der Waals surface area contributed by atoms with Crippen LogP contribution in [0, 0.1) is 6.92 Å². The van der Waals surface area contributed by atoms with Crippen molar-refractivity contribution in [3.63, 3.8) is 0 Å². The highest BCUT2D eigenvalue weighted by molar-refractivity contribution is 7.89. The minimum atomic E-state index is -3.64. The molecule has 108 valence electrons. The Morgan fingerprint density at radius 1 is 1.30 bits per heavy atom. The van der Waals surface area contributed by atoms with E-state index in [4.69, 9.17) is 5.14 Å². The van der Waals surface area contributed by atoms with Crippen LogP contribution in [0.5, 0.6) is 0 Å². The Labute approximate surface area is 118 Å². The van der Waals surface area contributed by atoms with Crippen LogP contribution >= 0.6 is 0 Å². The molecule has 0 radical (unpaired) electrons. The number of hydrogen-bond acceptors (Lipinski definition) is 4. The minimum absolute atomic E-state index is 0.0732. The van der Waals surface area contributed by atoms with Crippen LogP contribution in [0.25, 0.3) is 0 Å². The molecular formula is C13H18N4O2S. The molecule has 1 aromatic heterocycles. The number of benzene rings is 1. The Morgan fingerprint density at radius 2 is 1.90 bits per heavy atom. The number of primary sulfonamides is 1. The molecule has 1 unspecified atom stereocenters. The lowest BCUT2D eigenvalue weighted by Gasteiger charge is -2.14. The molecule has 3 N–H and O–H groups in total. The van der Waals surface area contributed by atoms with E-state index in [1.165, 1.54) is 12.1 Å². The molecule has 0 saturated carbocycles. The monoisotopic (exact) mass is 294 g/mol. The van der Waals surface area contributed by atoms with Gasteiger partial charge in [0.1, 0.15) is 0 Å². The molecule has 0 bridgehead atoms. The van der Waals surface area contributed by atoms with E-state index in [-0.39, 0.29) is 10.9 Å². The van der Waals surface area contributed by atoms with Crippen LogP contribution in [0.2, 0.25) is 0 Å². The van der Waals surface area contributed by atoms with Gasteiger partial charge in [-0.25, -0.2) is 13.6 Å². The molecule has 1 heterocycles. The summed E-state index contributed by atoms with van der Waals surface area (Å²) in [7, 11) is -1.77. The smallest absolute Gasteiger partial charge is 0.238 e. The molecule has 1 aromatic carbocycles. The standard InChI is InChI=1S/C13H18N4O2S/c1-9(13-8-17(3)16-10(13)2)15-11-4-6-12(7-5-11)20(14,18)19/h4-9,15H,1-3H3,(H2,14,18,19). The number of nitrogens with two attached hydrogens (primary N) is 1. The fourth-order valence-corrected chi connectivity index (χ4v) is 2.63. The molecule has 0 saturated heterocycles. The zero-order valence-electron chi connectivity index (χ0n) is 11.7. The molecular weight excluding hydrogens is 276 g/mol. The summed E-state index contributed by atoms with van der Waals surface area (Å²) in [6, 6.07) is 6.44. The first-order valence-corrected chi connectivity index (χ1v) is 7.71. The Hall–Kier alpha value is -1.86. The van der Waals surface area contributed by atoms with E-state index >= 15 is 0 Å². The number of hydrogen-bond donors (Lipinski definition) is 2. The van der Waals surface area contributed by atoms with Crippen molar-refractivity contribution in [2.24, 2.45) is 12.2 Å². The molecule has 7 heteroatoms. The van der Waals surface area contributed by atoms with Crippen molar-refractivity contribution in [3.05, 3.63) is 41.7 Å². The molecule has 0 amide bonds. The summed E-state index contributed by atoms with van der Waals surface area (Å²) in [5, 5.41) is 12.7. The Bertz CT molecular complexity index is 704. The van der Waals surface area contributed by atoms with Gasteiger partial charge in [-0.3, -0.25) is 4.68 Å². The SMILES string of the molecule is Cc1nn(C)cc1C(C)Nc1ccc(S(N)(=O)=O)cc1. The van der Waals surface area contributed by atoms with Gasteiger partial charge < -0.3 is 5.32 Å². The number of rotatable bonds is 4. The average molecular weight is 294 g/mol. The normalized spacial score (nSPS) is 13.2. The highest BCUT2D eigenvalue weighted by atomic mass is 32.2. The van der Waals surface area contributed by atoms with E-state index < -0.39 is 10.0 Å². The van der Waals surface area contributed by atoms with Gasteiger partial charge in [0.15, 0.2) is 0 Å². The number of anilines is 1. The highest BCUT2D eigenvalue weighted by Gasteiger charge is 2.12. The predicted octanol–water partition coefficient (Wildman–Crippen LogP) is 1.55. The lowest BCUT2D eigenvalue weighted by atomic mass is 10.1. The fraction of sp³-hybridized carbons (Fsp3) is 0.308. The summed E-state index contributed by atoms with van der Waals surface area (Å²) in [4.78, 5) is 0.105. The minimum Gasteiger partial charge on any atom is -0.378 e. The van der Waals surface area contributed by atoms with Crippen molar-refractivity contribution in [3.8, 4) is 0 Å². The number of nitrogens with one attached hydrogen (secondary N) is 1. The molecule has 1 atom stereocenters. The number of sulfonamides is 1. The Kier molecular flexibility index (Phi) is 3.82. The van der Waals surface area contributed by atoms with E-state index in [1.54, 1.807) is 16.8 Å². The van der Waals surface area contributed by atoms with Crippen LogP contribution < -0.4 is 10.5 Å². The largest absolute Gasteiger partial charge is 0.378 e. The van der Waals surface area contributed by atoms with E-state index in [0.29, 0.717) is 0 Å². The van der Waals surface area contributed by atoms with Gasteiger partial charge in [0.25, 0.3) is 0 Å². The van der Waals surface area contributed by atoms with Crippen molar-refractivity contribution in [2.75, 3.05) is 5.32 Å². The number of nitrogens with zero attached hydrogens (tertiary/aromatic N) is 2. The van der Waals surface area contributed by atoms with Crippen LogP contribution in [-0.2, 0) is 17.1 Å². The third-order valence-electron chi connectivity index (χ3n) is 3.08. The first-order chi connectivity index (χ1) is 9.27. The third-order valence-corrected chi connectivity index (χ3v) is 4.01. The predicted molar refractivity (Wildman–Crippen MR) is 77.8 cm³/mol. The quantitative estimate of drug-likeness (QED) is 0.895. The van der Waals surface area contributed by atoms with E-state index in [2.05, 4.69) is 10.4 Å². The lowest BCUT2D eigenvalue weighted by molar-refractivity contribution is 0.598. The maximum atomic E-state index is 11.2. The average Bonchev–Trinajstić information content (AvgIpc) is 2.68. The van der Waals surface area contributed by atoms with Gasteiger partial charge in [-0.2, -0.15) is 5.10 Å². The van der Waals surface area contributed by atoms with Gasteiger partial charge in [0.05, 0.1) is 16.6 Å². The summed E-state index contributed by atoms with van der Waals surface area (Å²) < 4.78 is 24.1. The zero-order valence-corrected chi connectivity index (χ0v) is 12.5. The van der Waals surface area contributed by atoms with Crippen LogP contribution in [0.4, 0.5) is 5.69 Å². The maximum Gasteiger partial charge on any atom is 0.238 e. The van der Waals surface area contributed by atoms with Crippen molar-refractivity contribution in [1.82, 2.24) is 9.78 Å². The third kappa shape index (κ3) is 3.17.